The number of rotatable bonds is 2. The van der Waals surface area contributed by atoms with Crippen LogP contribution in [0.15, 0.2) is 48.8 Å². The molecule has 2 N–H and O–H groups in total. The molecule has 0 atom stereocenters. The van der Waals surface area contributed by atoms with Gasteiger partial charge in [0.1, 0.15) is 17.9 Å². The van der Waals surface area contributed by atoms with E-state index >= 15 is 0 Å². The quantitative estimate of drug-likeness (QED) is 0.733. The summed E-state index contributed by atoms with van der Waals surface area (Å²) >= 11 is 0. The highest BCUT2D eigenvalue weighted by atomic mass is 16.3. The van der Waals surface area contributed by atoms with E-state index < -0.39 is 0 Å². The number of nitrogens with one attached hydrogen (secondary N) is 1. The molecule has 19 heavy (non-hydrogen) atoms. The van der Waals surface area contributed by atoms with Crippen molar-refractivity contribution in [2.45, 2.75) is 6.92 Å². The highest BCUT2D eigenvalue weighted by Gasteiger charge is 2.05. The van der Waals surface area contributed by atoms with Crippen molar-refractivity contribution in [2.24, 2.45) is 0 Å². The SMILES string of the molecule is Cc1cccc(Nc2ncnc3ccc(O)cc23)c1. The Labute approximate surface area is 110 Å². The largest absolute Gasteiger partial charge is 0.508 e. The Morgan fingerprint density at radius 3 is 2.79 bits per heavy atom. The van der Waals surface area contributed by atoms with E-state index in [1.807, 2.05) is 31.2 Å². The third kappa shape index (κ3) is 2.33. The van der Waals surface area contributed by atoms with E-state index in [0.29, 0.717) is 5.82 Å². The van der Waals surface area contributed by atoms with Gasteiger partial charge in [-0.05, 0) is 42.8 Å². The van der Waals surface area contributed by atoms with Crippen molar-refractivity contribution in [3.63, 3.8) is 0 Å². The predicted molar refractivity (Wildman–Crippen MR) is 75.7 cm³/mol. The maximum Gasteiger partial charge on any atom is 0.141 e. The molecule has 0 radical (unpaired) electrons. The fourth-order valence-corrected chi connectivity index (χ4v) is 2.00. The van der Waals surface area contributed by atoms with Crippen LogP contribution in [-0.4, -0.2) is 15.1 Å². The summed E-state index contributed by atoms with van der Waals surface area (Å²) < 4.78 is 0. The Hall–Kier alpha value is -2.62. The number of phenols is 1. The topological polar surface area (TPSA) is 58.0 Å². The summed E-state index contributed by atoms with van der Waals surface area (Å²) in [6.45, 7) is 2.04. The van der Waals surface area contributed by atoms with E-state index in [9.17, 15) is 5.11 Å². The second-order valence-electron chi connectivity index (χ2n) is 4.42. The number of fused-ring (bicyclic) bond motifs is 1. The Morgan fingerprint density at radius 2 is 1.95 bits per heavy atom. The van der Waals surface area contributed by atoms with Gasteiger partial charge in [-0.3, -0.25) is 0 Å². The van der Waals surface area contributed by atoms with Crippen LogP contribution in [0, 0.1) is 6.92 Å². The van der Waals surface area contributed by atoms with Gasteiger partial charge in [0.15, 0.2) is 0 Å². The first kappa shape index (κ1) is 11.5. The lowest BCUT2D eigenvalue weighted by Gasteiger charge is -2.09. The van der Waals surface area contributed by atoms with Crippen molar-refractivity contribution in [3.8, 4) is 5.75 Å². The summed E-state index contributed by atoms with van der Waals surface area (Å²) in [5.41, 5.74) is 2.93. The molecule has 0 aliphatic rings. The first-order valence-corrected chi connectivity index (χ1v) is 6.00. The summed E-state index contributed by atoms with van der Waals surface area (Å²) in [6, 6.07) is 13.1. The average molecular weight is 251 g/mol. The standard InChI is InChI=1S/C15H13N3O/c1-10-3-2-4-11(7-10)18-15-13-8-12(19)5-6-14(13)16-9-17-15/h2-9,19H,1H3,(H,16,17,18). The molecule has 1 heterocycles. The molecular weight excluding hydrogens is 238 g/mol. The van der Waals surface area contributed by atoms with Crippen LogP contribution < -0.4 is 5.32 Å². The Balaban J connectivity index is 2.07. The summed E-state index contributed by atoms with van der Waals surface area (Å²) in [4.78, 5) is 8.42. The van der Waals surface area contributed by atoms with E-state index in [1.165, 1.54) is 11.9 Å². The van der Waals surface area contributed by atoms with Crippen molar-refractivity contribution in [1.29, 1.82) is 0 Å². The van der Waals surface area contributed by atoms with Crippen molar-refractivity contribution in [3.05, 3.63) is 54.4 Å². The molecule has 0 unspecified atom stereocenters. The maximum absolute atomic E-state index is 9.58. The third-order valence-electron chi connectivity index (χ3n) is 2.90. The van der Waals surface area contributed by atoms with Crippen LogP contribution in [-0.2, 0) is 0 Å². The zero-order valence-corrected chi connectivity index (χ0v) is 10.5. The van der Waals surface area contributed by atoms with Gasteiger partial charge in [0.2, 0.25) is 0 Å². The molecule has 4 nitrogen and oxygen atoms in total. The summed E-state index contributed by atoms with van der Waals surface area (Å²) in [5.74, 6) is 0.890. The number of nitrogens with zero attached hydrogens (tertiary/aromatic N) is 2. The van der Waals surface area contributed by atoms with Gasteiger partial charge in [0.25, 0.3) is 0 Å². The fourth-order valence-electron chi connectivity index (χ4n) is 2.00. The molecule has 0 amide bonds. The molecule has 0 aliphatic heterocycles. The summed E-state index contributed by atoms with van der Waals surface area (Å²) in [6.07, 6.45) is 1.51. The number of aryl methyl sites for hydroxylation is 1. The van der Waals surface area contributed by atoms with Crippen molar-refractivity contribution in [2.75, 3.05) is 5.32 Å². The van der Waals surface area contributed by atoms with Gasteiger partial charge >= 0.3 is 0 Å². The molecule has 0 bridgehead atoms. The lowest BCUT2D eigenvalue weighted by molar-refractivity contribution is 0.476. The molecule has 3 rings (SSSR count). The molecule has 4 heteroatoms. The van der Waals surface area contributed by atoms with Crippen LogP contribution in [0.1, 0.15) is 5.56 Å². The maximum atomic E-state index is 9.58. The van der Waals surface area contributed by atoms with Gasteiger partial charge in [-0.2, -0.15) is 0 Å². The van der Waals surface area contributed by atoms with Gasteiger partial charge in [0.05, 0.1) is 5.52 Å². The monoisotopic (exact) mass is 251 g/mol. The van der Waals surface area contributed by atoms with E-state index in [2.05, 4.69) is 15.3 Å². The molecule has 3 aromatic rings. The van der Waals surface area contributed by atoms with Gasteiger partial charge in [-0.15, -0.1) is 0 Å². The zero-order valence-electron chi connectivity index (χ0n) is 10.5. The second-order valence-corrected chi connectivity index (χ2v) is 4.42. The number of hydrogen-bond acceptors (Lipinski definition) is 4. The molecule has 0 fully saturated rings. The van der Waals surface area contributed by atoms with Crippen molar-refractivity contribution < 1.29 is 5.11 Å². The number of hydrogen-bond donors (Lipinski definition) is 2. The number of aromatic hydroxyl groups is 1. The van der Waals surface area contributed by atoms with Crippen LogP contribution >= 0.6 is 0 Å². The molecule has 0 saturated heterocycles. The Morgan fingerprint density at radius 1 is 1.05 bits per heavy atom. The van der Waals surface area contributed by atoms with Gasteiger partial charge in [-0.25, -0.2) is 9.97 Å². The van der Waals surface area contributed by atoms with E-state index in [-0.39, 0.29) is 5.75 Å². The highest BCUT2D eigenvalue weighted by molar-refractivity contribution is 5.91. The van der Waals surface area contributed by atoms with E-state index in [4.69, 9.17) is 0 Å². The van der Waals surface area contributed by atoms with E-state index in [1.54, 1.807) is 18.2 Å². The minimum Gasteiger partial charge on any atom is -0.508 e. The molecule has 0 saturated carbocycles. The normalized spacial score (nSPS) is 10.6. The fraction of sp³-hybridized carbons (Fsp3) is 0.0667. The van der Waals surface area contributed by atoms with Crippen molar-refractivity contribution >= 4 is 22.4 Å². The van der Waals surface area contributed by atoms with Crippen LogP contribution in [0.2, 0.25) is 0 Å². The zero-order chi connectivity index (χ0) is 13.2. The molecule has 0 aliphatic carbocycles. The van der Waals surface area contributed by atoms with Gasteiger partial charge < -0.3 is 10.4 Å². The molecule has 2 aromatic carbocycles. The highest BCUT2D eigenvalue weighted by Crippen LogP contribution is 2.26. The van der Waals surface area contributed by atoms with Crippen molar-refractivity contribution in [1.82, 2.24) is 9.97 Å². The first-order chi connectivity index (χ1) is 9.22. The molecule has 94 valence electrons. The second kappa shape index (κ2) is 4.57. The number of benzene rings is 2. The van der Waals surface area contributed by atoms with Crippen LogP contribution in [0.4, 0.5) is 11.5 Å². The lowest BCUT2D eigenvalue weighted by atomic mass is 10.2. The predicted octanol–water partition coefficient (Wildman–Crippen LogP) is 3.39. The molecular formula is C15H13N3O. The van der Waals surface area contributed by atoms with Crippen LogP contribution in [0.3, 0.4) is 0 Å². The molecule has 1 aromatic heterocycles. The first-order valence-electron chi connectivity index (χ1n) is 6.00. The minimum absolute atomic E-state index is 0.203. The number of aromatic nitrogens is 2. The number of phenolic OH excluding ortho intramolecular Hbond substituents is 1. The summed E-state index contributed by atoms with van der Waals surface area (Å²) in [7, 11) is 0. The van der Waals surface area contributed by atoms with Crippen LogP contribution in [0.5, 0.6) is 5.75 Å². The summed E-state index contributed by atoms with van der Waals surface area (Å²) in [5, 5.41) is 13.6. The van der Waals surface area contributed by atoms with Crippen LogP contribution in [0.25, 0.3) is 10.9 Å². The molecule has 0 spiro atoms. The number of anilines is 2. The third-order valence-corrected chi connectivity index (χ3v) is 2.90. The van der Waals surface area contributed by atoms with E-state index in [0.717, 1.165) is 16.6 Å². The smallest absolute Gasteiger partial charge is 0.141 e. The Kier molecular flexibility index (Phi) is 2.76. The van der Waals surface area contributed by atoms with Gasteiger partial charge in [0, 0.05) is 11.1 Å². The van der Waals surface area contributed by atoms with Gasteiger partial charge in [-0.1, -0.05) is 12.1 Å². The lowest BCUT2D eigenvalue weighted by Crippen LogP contribution is -1.96. The minimum atomic E-state index is 0.203. The Bertz CT molecular complexity index is 740. The average Bonchev–Trinajstić information content (AvgIpc) is 2.39.